The number of amides is 1. The molecule has 1 heterocycles. The third kappa shape index (κ3) is 6.73. The van der Waals surface area contributed by atoms with Crippen LogP contribution in [0.3, 0.4) is 0 Å². The van der Waals surface area contributed by atoms with Crippen molar-refractivity contribution in [2.45, 2.75) is 39.4 Å². The summed E-state index contributed by atoms with van der Waals surface area (Å²) in [7, 11) is 2.62. The maximum Gasteiger partial charge on any atom is 0.371 e. The smallest absolute Gasteiger partial charge is 0.371 e. The standard InChI is InChI=1S/C27H28F2N2O6S/c1-5-17(6-2)37-13-15-8-7-9-18(24(15)36-4)22-14-38-27(30-22)31-25(32)16-10-20(28)19(21(29)11-16)12-23(35-3)26(33)34/h7-12,14,17H,5-6,13H2,1-4H3,(H,33,34)(H,30,31,32). The summed E-state index contributed by atoms with van der Waals surface area (Å²) in [6, 6.07) is 7.22. The fourth-order valence-electron chi connectivity index (χ4n) is 3.69. The Kier molecular flexibility index (Phi) is 9.91. The third-order valence-corrected chi connectivity index (χ3v) is 6.49. The van der Waals surface area contributed by atoms with Crippen LogP contribution in [0, 0.1) is 11.6 Å². The summed E-state index contributed by atoms with van der Waals surface area (Å²) in [5.74, 6) is -4.58. The number of rotatable bonds is 12. The van der Waals surface area contributed by atoms with Crippen LogP contribution in [0.4, 0.5) is 13.9 Å². The van der Waals surface area contributed by atoms with E-state index in [0.717, 1.165) is 49.0 Å². The second-order valence-corrected chi connectivity index (χ2v) is 8.97. The molecular formula is C27H28F2N2O6S. The first-order valence-electron chi connectivity index (χ1n) is 11.7. The number of aliphatic carboxylic acids is 1. The van der Waals surface area contributed by atoms with Crippen LogP contribution in [0.25, 0.3) is 17.3 Å². The van der Waals surface area contributed by atoms with Crippen molar-refractivity contribution in [2.75, 3.05) is 19.5 Å². The Balaban J connectivity index is 1.81. The number of halogens is 2. The molecule has 0 bridgehead atoms. The van der Waals surface area contributed by atoms with Crippen LogP contribution in [0.2, 0.25) is 0 Å². The molecule has 2 aromatic carbocycles. The van der Waals surface area contributed by atoms with Gasteiger partial charge in [0, 0.05) is 33.7 Å². The van der Waals surface area contributed by atoms with Crippen LogP contribution in [0.15, 0.2) is 41.5 Å². The van der Waals surface area contributed by atoms with Gasteiger partial charge in [-0.25, -0.2) is 18.6 Å². The zero-order chi connectivity index (χ0) is 27.8. The molecule has 202 valence electrons. The number of carboxylic acid groups (broad SMARTS) is 1. The highest BCUT2D eigenvalue weighted by Crippen LogP contribution is 2.35. The lowest BCUT2D eigenvalue weighted by molar-refractivity contribution is -0.135. The predicted molar refractivity (Wildman–Crippen MR) is 140 cm³/mol. The highest BCUT2D eigenvalue weighted by Gasteiger charge is 2.19. The highest BCUT2D eigenvalue weighted by atomic mass is 32.1. The molecule has 3 aromatic rings. The number of hydrogen-bond donors (Lipinski definition) is 2. The van der Waals surface area contributed by atoms with Gasteiger partial charge in [0.25, 0.3) is 5.91 Å². The molecule has 0 fully saturated rings. The first-order valence-corrected chi connectivity index (χ1v) is 12.6. The average Bonchev–Trinajstić information content (AvgIpc) is 3.36. The van der Waals surface area contributed by atoms with Crippen LogP contribution in [0.1, 0.15) is 48.2 Å². The van der Waals surface area contributed by atoms with Gasteiger partial charge < -0.3 is 19.3 Å². The first kappa shape index (κ1) is 28.7. The Bertz CT molecular complexity index is 1310. The minimum absolute atomic E-state index is 0.142. The van der Waals surface area contributed by atoms with Crippen LogP contribution >= 0.6 is 11.3 Å². The molecule has 0 aliphatic carbocycles. The molecule has 0 saturated heterocycles. The van der Waals surface area contributed by atoms with E-state index in [-0.39, 0.29) is 16.8 Å². The number of carbonyl (C=O) groups excluding carboxylic acids is 1. The topological polar surface area (TPSA) is 107 Å². The molecule has 0 unspecified atom stereocenters. The Morgan fingerprint density at radius 2 is 1.84 bits per heavy atom. The van der Waals surface area contributed by atoms with Gasteiger partial charge in [0.1, 0.15) is 17.4 Å². The SMILES string of the molecule is CCC(CC)OCc1cccc(-c2csc(NC(=O)c3cc(F)c(C=C(OC)C(=O)O)c(F)c3)n2)c1OC. The third-order valence-electron chi connectivity index (χ3n) is 5.73. The zero-order valence-electron chi connectivity index (χ0n) is 21.3. The Morgan fingerprint density at radius 1 is 1.16 bits per heavy atom. The lowest BCUT2D eigenvalue weighted by Crippen LogP contribution is -2.13. The van der Waals surface area contributed by atoms with E-state index in [0.29, 0.717) is 29.7 Å². The number of thiazole rings is 1. The molecule has 2 N–H and O–H groups in total. The highest BCUT2D eigenvalue weighted by molar-refractivity contribution is 7.14. The van der Waals surface area contributed by atoms with Crippen molar-refractivity contribution >= 4 is 34.4 Å². The maximum absolute atomic E-state index is 14.5. The molecule has 0 radical (unpaired) electrons. The van der Waals surface area contributed by atoms with Crippen molar-refractivity contribution in [1.29, 1.82) is 0 Å². The molecular weight excluding hydrogens is 518 g/mol. The molecule has 3 rings (SSSR count). The fraction of sp³-hybridized carbons (Fsp3) is 0.296. The second-order valence-electron chi connectivity index (χ2n) is 8.11. The summed E-state index contributed by atoms with van der Waals surface area (Å²) in [4.78, 5) is 28.2. The number of methoxy groups -OCH3 is 2. The molecule has 1 aromatic heterocycles. The zero-order valence-corrected chi connectivity index (χ0v) is 22.2. The summed E-state index contributed by atoms with van der Waals surface area (Å²) in [6.45, 7) is 4.51. The number of ether oxygens (including phenoxy) is 3. The monoisotopic (exact) mass is 546 g/mol. The van der Waals surface area contributed by atoms with Gasteiger partial charge in [-0.2, -0.15) is 0 Å². The van der Waals surface area contributed by atoms with Gasteiger partial charge in [-0.1, -0.05) is 26.0 Å². The van der Waals surface area contributed by atoms with Crippen LogP contribution in [0.5, 0.6) is 5.75 Å². The summed E-state index contributed by atoms with van der Waals surface area (Å²) in [5.41, 5.74) is 1.16. The summed E-state index contributed by atoms with van der Waals surface area (Å²) in [5, 5.41) is 13.5. The van der Waals surface area contributed by atoms with Crippen molar-refractivity contribution in [3.8, 4) is 17.0 Å². The van der Waals surface area contributed by atoms with E-state index in [1.165, 1.54) is 0 Å². The van der Waals surface area contributed by atoms with Gasteiger partial charge in [-0.3, -0.25) is 10.1 Å². The van der Waals surface area contributed by atoms with E-state index < -0.39 is 34.8 Å². The van der Waals surface area contributed by atoms with E-state index in [1.807, 2.05) is 18.2 Å². The van der Waals surface area contributed by atoms with Crippen molar-refractivity contribution in [2.24, 2.45) is 0 Å². The predicted octanol–water partition coefficient (Wildman–Crippen LogP) is 6.13. The molecule has 11 heteroatoms. The number of hydrogen-bond acceptors (Lipinski definition) is 7. The Labute approximate surface area is 222 Å². The molecule has 38 heavy (non-hydrogen) atoms. The van der Waals surface area contributed by atoms with E-state index in [4.69, 9.17) is 14.6 Å². The van der Waals surface area contributed by atoms with E-state index in [9.17, 15) is 18.4 Å². The molecule has 8 nitrogen and oxygen atoms in total. The summed E-state index contributed by atoms with van der Waals surface area (Å²) in [6.07, 6.45) is 2.65. The minimum atomic E-state index is -1.49. The van der Waals surface area contributed by atoms with Crippen LogP contribution < -0.4 is 10.1 Å². The number of nitrogens with zero attached hydrogens (tertiary/aromatic N) is 1. The first-order chi connectivity index (χ1) is 18.2. The quantitative estimate of drug-likeness (QED) is 0.208. The van der Waals surface area contributed by atoms with Crippen molar-refractivity contribution in [3.63, 3.8) is 0 Å². The van der Waals surface area contributed by atoms with E-state index in [2.05, 4.69) is 28.9 Å². The maximum atomic E-state index is 14.5. The minimum Gasteiger partial charge on any atom is -0.496 e. The van der Waals surface area contributed by atoms with Gasteiger partial charge in [-0.05, 0) is 31.0 Å². The summed E-state index contributed by atoms with van der Waals surface area (Å²) >= 11 is 1.14. The number of benzene rings is 2. The van der Waals surface area contributed by atoms with Gasteiger partial charge in [0.05, 0.1) is 32.6 Å². The van der Waals surface area contributed by atoms with Crippen molar-refractivity contribution in [1.82, 2.24) is 4.98 Å². The van der Waals surface area contributed by atoms with Crippen LogP contribution in [-0.2, 0) is 20.9 Å². The molecule has 0 aliphatic heterocycles. The van der Waals surface area contributed by atoms with Gasteiger partial charge >= 0.3 is 5.97 Å². The van der Waals surface area contributed by atoms with E-state index in [1.54, 1.807) is 12.5 Å². The number of carboxylic acids is 1. The Hall–Kier alpha value is -3.83. The number of aromatic nitrogens is 1. The Morgan fingerprint density at radius 3 is 2.42 bits per heavy atom. The molecule has 0 spiro atoms. The van der Waals surface area contributed by atoms with Crippen LogP contribution in [-0.4, -0.2) is 42.3 Å². The number of anilines is 1. The lowest BCUT2D eigenvalue weighted by Gasteiger charge is -2.17. The summed E-state index contributed by atoms with van der Waals surface area (Å²) < 4.78 is 45.3. The number of carbonyl (C=O) groups is 2. The average molecular weight is 547 g/mol. The van der Waals surface area contributed by atoms with Crippen molar-refractivity contribution in [3.05, 3.63) is 69.8 Å². The molecule has 0 saturated carbocycles. The van der Waals surface area contributed by atoms with Gasteiger partial charge in [-0.15, -0.1) is 11.3 Å². The van der Waals surface area contributed by atoms with Gasteiger partial charge in [0.2, 0.25) is 5.76 Å². The van der Waals surface area contributed by atoms with Crippen molar-refractivity contribution < 1.29 is 37.7 Å². The number of para-hydroxylation sites is 1. The second kappa shape index (κ2) is 13.1. The van der Waals surface area contributed by atoms with Gasteiger partial charge in [0.15, 0.2) is 5.13 Å². The normalized spacial score (nSPS) is 11.5. The molecule has 0 aliphatic rings. The largest absolute Gasteiger partial charge is 0.496 e. The number of nitrogens with one attached hydrogen (secondary N) is 1. The fourth-order valence-corrected chi connectivity index (χ4v) is 4.40. The van der Waals surface area contributed by atoms with E-state index >= 15 is 0 Å². The molecule has 1 amide bonds. The molecule has 0 atom stereocenters. The lowest BCUT2D eigenvalue weighted by atomic mass is 10.1.